The molecule has 0 saturated carbocycles. The van der Waals surface area contributed by atoms with E-state index < -0.39 is 10.9 Å². The first-order chi connectivity index (χ1) is 21.7. The molecule has 7 aromatic carbocycles. The van der Waals surface area contributed by atoms with Crippen LogP contribution < -0.4 is 10.9 Å². The first kappa shape index (κ1) is 24.6. The molecule has 4 nitrogen and oxygen atoms in total. The lowest BCUT2D eigenvalue weighted by molar-refractivity contribution is 1.18. The van der Waals surface area contributed by atoms with Gasteiger partial charge < -0.3 is 9.13 Å². The van der Waals surface area contributed by atoms with Gasteiger partial charge in [0, 0.05) is 44.0 Å². The van der Waals surface area contributed by atoms with E-state index in [9.17, 15) is 9.59 Å². The van der Waals surface area contributed by atoms with E-state index in [1.165, 1.54) is 0 Å². The second kappa shape index (κ2) is 9.25. The van der Waals surface area contributed by atoms with Crippen LogP contribution >= 0.6 is 0 Å². The molecule has 0 saturated heterocycles. The third kappa shape index (κ3) is 3.39. The van der Waals surface area contributed by atoms with Crippen LogP contribution in [0, 0.1) is 0 Å². The fourth-order valence-electron chi connectivity index (χ4n) is 6.91. The Labute approximate surface area is 252 Å². The number of fused-ring (bicyclic) bond motifs is 6. The minimum absolute atomic E-state index is 0.432. The lowest BCUT2D eigenvalue weighted by Crippen LogP contribution is -2.34. The summed E-state index contributed by atoms with van der Waals surface area (Å²) in [7, 11) is 0. The SMILES string of the molecule is O=c1c(-c2ccc3c(c2)c2ccccc2n3-c2ccccc2)c(-c2ccc3c(c2)c2ccccc2n3-c2ccccc2)c1=O. The van der Waals surface area contributed by atoms with E-state index in [0.29, 0.717) is 11.1 Å². The van der Waals surface area contributed by atoms with Gasteiger partial charge in [0.1, 0.15) is 0 Å². The molecule has 0 aliphatic rings. The average molecular weight is 565 g/mol. The maximum absolute atomic E-state index is 13.2. The maximum atomic E-state index is 13.2. The zero-order valence-corrected chi connectivity index (χ0v) is 23.6. The Kier molecular flexibility index (Phi) is 5.17. The molecule has 0 amide bonds. The summed E-state index contributed by atoms with van der Waals surface area (Å²) in [6, 6.07) is 49.4. The molecule has 0 fully saturated rings. The van der Waals surface area contributed by atoms with Crippen molar-refractivity contribution in [2.75, 3.05) is 0 Å². The molecule has 44 heavy (non-hydrogen) atoms. The van der Waals surface area contributed by atoms with Crippen molar-refractivity contribution in [3.05, 3.63) is 166 Å². The van der Waals surface area contributed by atoms with Gasteiger partial charge in [-0.1, -0.05) is 84.9 Å². The predicted octanol–water partition coefficient (Wildman–Crippen LogP) is 8.81. The number of aromatic nitrogens is 2. The normalized spacial score (nSPS) is 11.8. The van der Waals surface area contributed by atoms with Crippen molar-refractivity contribution >= 4 is 43.6 Å². The maximum Gasteiger partial charge on any atom is 0.234 e. The van der Waals surface area contributed by atoms with Gasteiger partial charge in [0.25, 0.3) is 0 Å². The van der Waals surface area contributed by atoms with Gasteiger partial charge in [-0.25, -0.2) is 0 Å². The van der Waals surface area contributed by atoms with Gasteiger partial charge in [-0.05, 0) is 71.8 Å². The lowest BCUT2D eigenvalue weighted by Gasteiger charge is -2.13. The monoisotopic (exact) mass is 564 g/mol. The largest absolute Gasteiger partial charge is 0.309 e. The van der Waals surface area contributed by atoms with E-state index >= 15 is 0 Å². The molecule has 2 heterocycles. The molecular formula is C40H24N2O2. The zero-order valence-electron chi connectivity index (χ0n) is 23.6. The Morgan fingerprint density at radius 1 is 0.341 bits per heavy atom. The Bertz CT molecular complexity index is 2450. The molecule has 9 rings (SSSR count). The summed E-state index contributed by atoms with van der Waals surface area (Å²) in [6.45, 7) is 0. The summed E-state index contributed by atoms with van der Waals surface area (Å²) in [4.78, 5) is 26.4. The van der Waals surface area contributed by atoms with E-state index in [-0.39, 0.29) is 0 Å². The fourth-order valence-corrected chi connectivity index (χ4v) is 6.91. The summed E-state index contributed by atoms with van der Waals surface area (Å²) in [6.07, 6.45) is 0. The van der Waals surface area contributed by atoms with Gasteiger partial charge in [-0.3, -0.25) is 9.59 Å². The number of nitrogens with zero attached hydrogens (tertiary/aromatic N) is 2. The number of rotatable bonds is 4. The van der Waals surface area contributed by atoms with E-state index in [0.717, 1.165) is 66.1 Å². The van der Waals surface area contributed by atoms with Crippen LogP contribution in [0.1, 0.15) is 0 Å². The summed E-state index contributed by atoms with van der Waals surface area (Å²) in [5.74, 6) is 0. The number of para-hydroxylation sites is 4. The van der Waals surface area contributed by atoms with Crippen molar-refractivity contribution in [1.82, 2.24) is 9.13 Å². The quantitative estimate of drug-likeness (QED) is 0.201. The van der Waals surface area contributed by atoms with Crippen LogP contribution in [0.5, 0.6) is 0 Å². The van der Waals surface area contributed by atoms with E-state index in [4.69, 9.17) is 0 Å². The number of hydrogen-bond acceptors (Lipinski definition) is 2. The van der Waals surface area contributed by atoms with Crippen LogP contribution in [0.2, 0.25) is 0 Å². The van der Waals surface area contributed by atoms with Gasteiger partial charge >= 0.3 is 0 Å². The smallest absolute Gasteiger partial charge is 0.234 e. The first-order valence-corrected chi connectivity index (χ1v) is 14.7. The molecule has 2 aromatic heterocycles. The first-order valence-electron chi connectivity index (χ1n) is 14.7. The molecule has 0 spiro atoms. The molecule has 0 aliphatic heterocycles. The van der Waals surface area contributed by atoms with Crippen LogP contribution in [-0.2, 0) is 0 Å². The molecule has 0 unspecified atom stereocenters. The Balaban J connectivity index is 1.25. The van der Waals surface area contributed by atoms with Crippen molar-refractivity contribution in [2.45, 2.75) is 0 Å². The standard InChI is InChI=1S/C40H24N2O2/c43-39-37(25-19-21-35-31(23-25)29-15-7-9-17-33(29)41(35)27-11-3-1-4-12-27)38(40(39)44)26-20-22-36-32(24-26)30-16-8-10-18-34(30)42(36)28-13-5-2-6-14-28/h1-24H. The lowest BCUT2D eigenvalue weighted by atomic mass is 9.88. The predicted molar refractivity (Wildman–Crippen MR) is 181 cm³/mol. The van der Waals surface area contributed by atoms with Crippen molar-refractivity contribution in [2.24, 2.45) is 0 Å². The van der Waals surface area contributed by atoms with Crippen molar-refractivity contribution < 1.29 is 0 Å². The third-order valence-electron chi connectivity index (χ3n) is 8.86. The molecule has 0 aliphatic carbocycles. The number of benzene rings is 6. The van der Waals surface area contributed by atoms with E-state index in [1.54, 1.807) is 0 Å². The summed E-state index contributed by atoms with van der Waals surface area (Å²) < 4.78 is 4.49. The second-order valence-electron chi connectivity index (χ2n) is 11.2. The molecule has 4 heteroatoms. The van der Waals surface area contributed by atoms with Crippen LogP contribution in [-0.4, -0.2) is 9.13 Å². The van der Waals surface area contributed by atoms with Gasteiger partial charge in [0.2, 0.25) is 10.9 Å². The van der Waals surface area contributed by atoms with Gasteiger partial charge in [0.15, 0.2) is 0 Å². The molecule has 9 aromatic rings. The van der Waals surface area contributed by atoms with E-state index in [1.807, 2.05) is 72.8 Å². The fraction of sp³-hybridized carbons (Fsp3) is 0. The van der Waals surface area contributed by atoms with Crippen molar-refractivity contribution in [3.63, 3.8) is 0 Å². The molecule has 0 radical (unpaired) electrons. The molecular weight excluding hydrogens is 540 g/mol. The third-order valence-corrected chi connectivity index (χ3v) is 8.86. The summed E-state index contributed by atoms with van der Waals surface area (Å²) in [5, 5.41) is 4.29. The highest BCUT2D eigenvalue weighted by atomic mass is 16.2. The minimum atomic E-state index is -0.432. The average Bonchev–Trinajstić information content (AvgIpc) is 3.59. The minimum Gasteiger partial charge on any atom is -0.309 e. The van der Waals surface area contributed by atoms with Gasteiger partial charge in [-0.15, -0.1) is 0 Å². The summed E-state index contributed by atoms with van der Waals surface area (Å²) in [5.41, 5.74) is 8.07. The molecule has 0 N–H and O–H groups in total. The molecule has 206 valence electrons. The van der Waals surface area contributed by atoms with Gasteiger partial charge in [0.05, 0.1) is 22.1 Å². The Morgan fingerprint density at radius 3 is 1.14 bits per heavy atom. The highest BCUT2D eigenvalue weighted by Crippen LogP contribution is 2.39. The molecule has 0 atom stereocenters. The highest BCUT2D eigenvalue weighted by Gasteiger charge is 2.25. The van der Waals surface area contributed by atoms with Crippen LogP contribution in [0.3, 0.4) is 0 Å². The van der Waals surface area contributed by atoms with Crippen molar-refractivity contribution in [1.29, 1.82) is 0 Å². The second-order valence-corrected chi connectivity index (χ2v) is 11.2. The van der Waals surface area contributed by atoms with Crippen LogP contribution in [0.25, 0.3) is 77.2 Å². The zero-order chi connectivity index (χ0) is 29.4. The number of hydrogen-bond donors (Lipinski definition) is 0. The van der Waals surface area contributed by atoms with Crippen LogP contribution in [0.4, 0.5) is 0 Å². The summed E-state index contributed by atoms with van der Waals surface area (Å²) >= 11 is 0. The van der Waals surface area contributed by atoms with Crippen LogP contribution in [0.15, 0.2) is 155 Å². The molecule has 0 bridgehead atoms. The topological polar surface area (TPSA) is 44.0 Å². The van der Waals surface area contributed by atoms with E-state index in [2.05, 4.69) is 81.9 Å². The Morgan fingerprint density at radius 2 is 0.705 bits per heavy atom. The Hall–Kier alpha value is -6.00. The van der Waals surface area contributed by atoms with Crippen molar-refractivity contribution in [3.8, 4) is 33.6 Å². The van der Waals surface area contributed by atoms with Gasteiger partial charge in [-0.2, -0.15) is 0 Å². The highest BCUT2D eigenvalue weighted by molar-refractivity contribution is 6.12.